The largest absolute Gasteiger partial charge is 0.458 e. The van der Waals surface area contributed by atoms with Gasteiger partial charge in [0.25, 0.3) is 0 Å². The zero-order chi connectivity index (χ0) is 14.4. The lowest BCUT2D eigenvalue weighted by Crippen LogP contribution is -2.61. The molecule has 0 spiro atoms. The number of ketones is 1. The molecule has 0 bridgehead atoms. The van der Waals surface area contributed by atoms with Gasteiger partial charge in [-0.25, -0.2) is 4.79 Å². The van der Waals surface area contributed by atoms with Gasteiger partial charge in [0.05, 0.1) is 0 Å². The van der Waals surface area contributed by atoms with Crippen molar-refractivity contribution in [2.75, 3.05) is 0 Å². The van der Waals surface area contributed by atoms with Crippen LogP contribution in [-0.4, -0.2) is 40.8 Å². The Labute approximate surface area is 116 Å². The number of rotatable bonds is 0. The minimum absolute atomic E-state index is 0.0229. The summed E-state index contributed by atoms with van der Waals surface area (Å²) in [6.07, 6.45) is -0.532. The summed E-state index contributed by atoms with van der Waals surface area (Å²) in [5, 5.41) is 10.1. The Morgan fingerprint density at radius 1 is 1.35 bits per heavy atom. The van der Waals surface area contributed by atoms with E-state index in [2.05, 4.69) is 6.58 Å². The minimum atomic E-state index is -1.06. The molecule has 0 aromatic rings. The summed E-state index contributed by atoms with van der Waals surface area (Å²) in [4.78, 5) is 24.3. The molecule has 7 atom stereocenters. The number of esters is 1. The molecule has 0 aromatic heterocycles. The summed E-state index contributed by atoms with van der Waals surface area (Å²) in [6.45, 7) is 7.61. The van der Waals surface area contributed by atoms with Crippen molar-refractivity contribution in [1.29, 1.82) is 0 Å². The number of Topliss-reactive ketones (excluding diaryl/α,β-unsaturated/α-hetero) is 1. The van der Waals surface area contributed by atoms with E-state index in [0.717, 1.165) is 0 Å². The van der Waals surface area contributed by atoms with Crippen LogP contribution in [0.1, 0.15) is 26.7 Å². The third-order valence-corrected chi connectivity index (χ3v) is 5.96. The van der Waals surface area contributed by atoms with Crippen LogP contribution in [0.2, 0.25) is 0 Å². The zero-order valence-electron chi connectivity index (χ0n) is 11.6. The van der Waals surface area contributed by atoms with E-state index in [1.54, 1.807) is 0 Å². The van der Waals surface area contributed by atoms with Crippen molar-refractivity contribution in [2.45, 2.75) is 50.6 Å². The molecule has 2 aliphatic heterocycles. The van der Waals surface area contributed by atoms with E-state index in [9.17, 15) is 14.7 Å². The standard InChI is InChI=1S/C15H18O5/c1-6-7-4-5-14(2)10(9(7)19-13(6)18)15(3)12(20-15)8(16)11(14)17/h7-10,12,16H,1,4-5H2,2-3H3/t7-,8+,9-,10+,12+,14+,15-/m0/s1. The molecule has 20 heavy (non-hydrogen) atoms. The number of carbonyl (C=O) groups excluding carboxylic acids is 2. The highest BCUT2D eigenvalue weighted by Gasteiger charge is 2.76. The second-order valence-electron chi connectivity index (χ2n) is 6.97. The van der Waals surface area contributed by atoms with Crippen LogP contribution in [-0.2, 0) is 19.1 Å². The summed E-state index contributed by atoms with van der Waals surface area (Å²) >= 11 is 0. The number of aliphatic hydroxyl groups is 1. The first-order valence-electron chi connectivity index (χ1n) is 7.10. The van der Waals surface area contributed by atoms with Crippen molar-refractivity contribution in [1.82, 2.24) is 0 Å². The van der Waals surface area contributed by atoms with E-state index in [1.807, 2.05) is 13.8 Å². The predicted octanol–water partition coefficient (Wildman–Crippen LogP) is 0.602. The van der Waals surface area contributed by atoms with Gasteiger partial charge in [-0.15, -0.1) is 0 Å². The lowest BCUT2D eigenvalue weighted by Gasteiger charge is -2.49. The van der Waals surface area contributed by atoms with Crippen LogP contribution in [0.25, 0.3) is 0 Å². The molecule has 2 saturated heterocycles. The molecular weight excluding hydrogens is 260 g/mol. The molecule has 0 radical (unpaired) electrons. The topological polar surface area (TPSA) is 76.1 Å². The van der Waals surface area contributed by atoms with Gasteiger partial charge in [0, 0.05) is 22.8 Å². The van der Waals surface area contributed by atoms with Gasteiger partial charge < -0.3 is 14.6 Å². The van der Waals surface area contributed by atoms with E-state index < -0.39 is 23.2 Å². The Hall–Kier alpha value is -1.20. The minimum Gasteiger partial charge on any atom is -0.458 e. The van der Waals surface area contributed by atoms with Gasteiger partial charge in [0.1, 0.15) is 23.9 Å². The smallest absolute Gasteiger partial charge is 0.334 e. The molecule has 0 unspecified atom stereocenters. The van der Waals surface area contributed by atoms with Crippen LogP contribution in [0, 0.1) is 17.3 Å². The fraction of sp³-hybridized carbons (Fsp3) is 0.733. The summed E-state index contributed by atoms with van der Waals surface area (Å²) in [5.41, 5.74) is -0.750. The molecule has 5 nitrogen and oxygen atoms in total. The Bertz CT molecular complexity index is 554. The Kier molecular flexibility index (Phi) is 2.09. The monoisotopic (exact) mass is 278 g/mol. The molecule has 4 aliphatic rings. The quantitative estimate of drug-likeness (QED) is 0.399. The van der Waals surface area contributed by atoms with Gasteiger partial charge >= 0.3 is 5.97 Å². The van der Waals surface area contributed by atoms with E-state index in [1.165, 1.54) is 0 Å². The van der Waals surface area contributed by atoms with Crippen LogP contribution in [0.15, 0.2) is 12.2 Å². The lowest BCUT2D eigenvalue weighted by atomic mass is 9.52. The van der Waals surface area contributed by atoms with Crippen molar-refractivity contribution in [3.05, 3.63) is 12.2 Å². The number of hydrogen-bond donors (Lipinski definition) is 1. The predicted molar refractivity (Wildman–Crippen MR) is 67.6 cm³/mol. The second kappa shape index (κ2) is 3.34. The van der Waals surface area contributed by atoms with Crippen molar-refractivity contribution < 1.29 is 24.2 Å². The van der Waals surface area contributed by atoms with Crippen LogP contribution >= 0.6 is 0 Å². The molecule has 0 amide bonds. The molecule has 4 fully saturated rings. The molecule has 0 aromatic carbocycles. The SMILES string of the molecule is C=C1C(=O)O[C@H]2[C@H]1CC[C@@]1(C)C(=O)[C@@H](O)[C@H]3O[C@@]3(C)[C@H]21. The molecule has 5 heteroatoms. The maximum Gasteiger partial charge on any atom is 0.334 e. The first-order chi connectivity index (χ1) is 9.30. The van der Waals surface area contributed by atoms with Crippen molar-refractivity contribution in [2.24, 2.45) is 17.3 Å². The maximum absolute atomic E-state index is 12.5. The maximum atomic E-state index is 12.5. The van der Waals surface area contributed by atoms with Crippen molar-refractivity contribution in [3.8, 4) is 0 Å². The average molecular weight is 278 g/mol. The Morgan fingerprint density at radius 3 is 2.75 bits per heavy atom. The van der Waals surface area contributed by atoms with E-state index in [0.29, 0.717) is 18.4 Å². The molecular formula is C15H18O5. The van der Waals surface area contributed by atoms with Crippen molar-refractivity contribution in [3.63, 3.8) is 0 Å². The van der Waals surface area contributed by atoms with Crippen molar-refractivity contribution >= 4 is 11.8 Å². The first kappa shape index (κ1) is 12.5. The van der Waals surface area contributed by atoms with Gasteiger partial charge in [0.2, 0.25) is 0 Å². The molecule has 1 N–H and O–H groups in total. The van der Waals surface area contributed by atoms with Crippen LogP contribution in [0.3, 0.4) is 0 Å². The normalized spacial score (nSPS) is 56.8. The van der Waals surface area contributed by atoms with E-state index in [4.69, 9.17) is 9.47 Å². The summed E-state index contributed by atoms with van der Waals surface area (Å²) in [5.74, 6) is -0.749. The van der Waals surface area contributed by atoms with Gasteiger partial charge in [-0.05, 0) is 19.8 Å². The molecule has 2 saturated carbocycles. The molecule has 108 valence electrons. The first-order valence-corrected chi connectivity index (χ1v) is 7.10. The number of epoxide rings is 1. The highest BCUT2D eigenvalue weighted by Crippen LogP contribution is 2.64. The fourth-order valence-corrected chi connectivity index (χ4v) is 4.82. The lowest BCUT2D eigenvalue weighted by molar-refractivity contribution is -0.164. The Balaban J connectivity index is 1.81. The summed E-state index contributed by atoms with van der Waals surface area (Å²) in [7, 11) is 0. The summed E-state index contributed by atoms with van der Waals surface area (Å²) < 4.78 is 11.2. The zero-order valence-corrected chi connectivity index (χ0v) is 11.6. The highest BCUT2D eigenvalue weighted by atomic mass is 16.6. The number of fused-ring (bicyclic) bond motifs is 5. The van der Waals surface area contributed by atoms with E-state index in [-0.39, 0.29) is 29.7 Å². The van der Waals surface area contributed by atoms with Gasteiger partial charge in [-0.3, -0.25) is 4.79 Å². The number of ether oxygens (including phenoxy) is 2. The number of aliphatic hydroxyl groups excluding tert-OH is 1. The molecule has 4 rings (SSSR count). The third-order valence-electron chi connectivity index (χ3n) is 5.96. The van der Waals surface area contributed by atoms with Gasteiger partial charge in [0.15, 0.2) is 5.78 Å². The second-order valence-corrected chi connectivity index (χ2v) is 6.97. The third kappa shape index (κ3) is 1.17. The van der Waals surface area contributed by atoms with Gasteiger partial charge in [-0.1, -0.05) is 13.5 Å². The van der Waals surface area contributed by atoms with Gasteiger partial charge in [-0.2, -0.15) is 0 Å². The fourth-order valence-electron chi connectivity index (χ4n) is 4.82. The Morgan fingerprint density at radius 2 is 2.05 bits per heavy atom. The highest BCUT2D eigenvalue weighted by molar-refractivity contribution is 5.94. The van der Waals surface area contributed by atoms with Crippen LogP contribution < -0.4 is 0 Å². The molecule has 2 aliphatic carbocycles. The van der Waals surface area contributed by atoms with Crippen LogP contribution in [0.5, 0.6) is 0 Å². The average Bonchev–Trinajstić information content (AvgIpc) is 3.00. The van der Waals surface area contributed by atoms with Crippen LogP contribution in [0.4, 0.5) is 0 Å². The number of carbonyl (C=O) groups is 2. The van der Waals surface area contributed by atoms with E-state index >= 15 is 0 Å². The number of hydrogen-bond acceptors (Lipinski definition) is 5. The molecule has 2 heterocycles. The summed E-state index contributed by atoms with van der Waals surface area (Å²) in [6, 6.07) is 0.